The molecule has 3 rings (SSSR count). The first-order chi connectivity index (χ1) is 11.3. The molecule has 0 aliphatic rings. The van der Waals surface area contributed by atoms with Crippen LogP contribution in [-0.2, 0) is 16.1 Å². The number of H-pyrrole nitrogens is 1. The van der Waals surface area contributed by atoms with Crippen molar-refractivity contribution in [1.82, 2.24) is 15.2 Å². The lowest BCUT2D eigenvalue weighted by molar-refractivity contribution is -0.121. The third kappa shape index (κ3) is 4.24. The van der Waals surface area contributed by atoms with Crippen LogP contribution in [0.3, 0.4) is 0 Å². The lowest BCUT2D eigenvalue weighted by Crippen LogP contribution is -2.19. The molecule has 0 bridgehead atoms. The maximum atomic E-state index is 11.8. The highest BCUT2D eigenvalue weighted by Crippen LogP contribution is 2.14. The number of nitrogens with one attached hydrogen (secondary N) is 2. The summed E-state index contributed by atoms with van der Waals surface area (Å²) in [5.41, 5.74) is 1.92. The summed E-state index contributed by atoms with van der Waals surface area (Å²) in [4.78, 5) is 16.1. The number of rotatable bonds is 6. The summed E-state index contributed by atoms with van der Waals surface area (Å²) in [5.74, 6) is 0.544. The average molecular weight is 308 g/mol. The van der Waals surface area contributed by atoms with Crippen molar-refractivity contribution in [1.29, 1.82) is 0 Å². The van der Waals surface area contributed by atoms with Crippen LogP contribution in [-0.4, -0.2) is 27.7 Å². The Morgan fingerprint density at radius 3 is 2.48 bits per heavy atom. The molecule has 3 aromatic rings. The van der Waals surface area contributed by atoms with Crippen LogP contribution in [0.15, 0.2) is 60.7 Å². The van der Waals surface area contributed by atoms with E-state index in [1.165, 1.54) is 0 Å². The van der Waals surface area contributed by atoms with E-state index >= 15 is 0 Å². The highest BCUT2D eigenvalue weighted by atomic mass is 16.5. The summed E-state index contributed by atoms with van der Waals surface area (Å²) in [6, 6.07) is 19.2. The van der Waals surface area contributed by atoms with E-state index in [-0.39, 0.29) is 18.5 Å². The zero-order valence-electron chi connectivity index (χ0n) is 12.4. The minimum atomic E-state index is -0.292. The number of nitrogens with zero attached hydrogens (tertiary/aromatic N) is 2. The summed E-state index contributed by atoms with van der Waals surface area (Å²) in [6.45, 7) is 0.335. The van der Waals surface area contributed by atoms with Crippen LogP contribution < -0.4 is 5.32 Å². The highest BCUT2D eigenvalue weighted by Gasteiger charge is 2.09. The predicted octanol–water partition coefficient (Wildman–Crippen LogP) is 2.63. The lowest BCUT2D eigenvalue weighted by Gasteiger charge is -2.03. The molecule has 0 radical (unpaired) electrons. The van der Waals surface area contributed by atoms with Crippen molar-refractivity contribution in [3.05, 3.63) is 66.2 Å². The number of hydrogen-bond donors (Lipinski definition) is 2. The van der Waals surface area contributed by atoms with Gasteiger partial charge in [0.2, 0.25) is 5.95 Å². The summed E-state index contributed by atoms with van der Waals surface area (Å²) in [6.07, 6.45) is 0. The SMILES string of the molecule is O=C(COCc1ccccc1)Nc1n[nH]c(-c2ccccc2)n1. The zero-order chi connectivity index (χ0) is 15.9. The van der Waals surface area contributed by atoms with Gasteiger partial charge in [0.15, 0.2) is 5.82 Å². The quantitative estimate of drug-likeness (QED) is 0.733. The molecule has 2 aromatic carbocycles. The molecule has 0 saturated carbocycles. The first-order valence-corrected chi connectivity index (χ1v) is 7.20. The van der Waals surface area contributed by atoms with Gasteiger partial charge in [-0.1, -0.05) is 60.7 Å². The van der Waals surface area contributed by atoms with Gasteiger partial charge in [0.25, 0.3) is 5.91 Å². The van der Waals surface area contributed by atoms with Crippen LogP contribution in [0, 0.1) is 0 Å². The Hall–Kier alpha value is -2.99. The third-order valence-electron chi connectivity index (χ3n) is 3.13. The molecule has 0 saturated heterocycles. The fourth-order valence-electron chi connectivity index (χ4n) is 2.04. The highest BCUT2D eigenvalue weighted by molar-refractivity contribution is 5.90. The summed E-state index contributed by atoms with van der Waals surface area (Å²) in [7, 11) is 0. The maximum absolute atomic E-state index is 11.8. The van der Waals surface area contributed by atoms with E-state index in [1.807, 2.05) is 60.7 Å². The molecule has 1 heterocycles. The van der Waals surface area contributed by atoms with E-state index in [0.29, 0.717) is 12.4 Å². The Labute approximate surface area is 133 Å². The molecule has 1 aromatic heterocycles. The van der Waals surface area contributed by atoms with Crippen molar-refractivity contribution in [3.8, 4) is 11.4 Å². The Balaban J connectivity index is 1.49. The number of carbonyl (C=O) groups is 1. The Morgan fingerprint density at radius 1 is 1.04 bits per heavy atom. The van der Waals surface area contributed by atoms with Gasteiger partial charge in [-0.05, 0) is 5.56 Å². The molecular weight excluding hydrogens is 292 g/mol. The van der Waals surface area contributed by atoms with Gasteiger partial charge in [0.1, 0.15) is 6.61 Å². The average Bonchev–Trinajstić information content (AvgIpc) is 3.05. The lowest BCUT2D eigenvalue weighted by atomic mass is 10.2. The molecule has 6 nitrogen and oxygen atoms in total. The number of carbonyl (C=O) groups excluding carboxylic acids is 1. The van der Waals surface area contributed by atoms with E-state index < -0.39 is 0 Å². The third-order valence-corrected chi connectivity index (χ3v) is 3.13. The van der Waals surface area contributed by atoms with Gasteiger partial charge < -0.3 is 4.74 Å². The van der Waals surface area contributed by atoms with Gasteiger partial charge in [0, 0.05) is 5.56 Å². The molecular formula is C17H16N4O2. The summed E-state index contributed by atoms with van der Waals surface area (Å²) >= 11 is 0. The van der Waals surface area contributed by atoms with Crippen molar-refractivity contribution in [2.75, 3.05) is 11.9 Å². The number of benzene rings is 2. The van der Waals surface area contributed by atoms with E-state index in [9.17, 15) is 4.79 Å². The summed E-state index contributed by atoms with van der Waals surface area (Å²) < 4.78 is 5.37. The van der Waals surface area contributed by atoms with Gasteiger partial charge in [0.05, 0.1) is 6.61 Å². The fraction of sp³-hybridized carbons (Fsp3) is 0.118. The normalized spacial score (nSPS) is 10.4. The monoisotopic (exact) mass is 308 g/mol. The van der Waals surface area contributed by atoms with Crippen LogP contribution in [0.25, 0.3) is 11.4 Å². The predicted molar refractivity (Wildman–Crippen MR) is 86.5 cm³/mol. The Morgan fingerprint density at radius 2 is 1.74 bits per heavy atom. The fourth-order valence-corrected chi connectivity index (χ4v) is 2.04. The van der Waals surface area contributed by atoms with E-state index in [4.69, 9.17) is 4.74 Å². The molecule has 0 aliphatic carbocycles. The van der Waals surface area contributed by atoms with Gasteiger partial charge in [-0.25, -0.2) is 0 Å². The van der Waals surface area contributed by atoms with Crippen LogP contribution >= 0.6 is 0 Å². The first kappa shape index (κ1) is 14.9. The molecule has 1 amide bonds. The molecule has 0 atom stereocenters. The van der Waals surface area contributed by atoms with E-state index in [1.54, 1.807) is 0 Å². The van der Waals surface area contributed by atoms with Crippen molar-refractivity contribution in [2.24, 2.45) is 0 Å². The molecule has 0 fully saturated rings. The van der Waals surface area contributed by atoms with Crippen molar-refractivity contribution >= 4 is 11.9 Å². The van der Waals surface area contributed by atoms with E-state index in [0.717, 1.165) is 11.1 Å². The topological polar surface area (TPSA) is 79.9 Å². The van der Waals surface area contributed by atoms with Gasteiger partial charge in [-0.15, -0.1) is 5.10 Å². The van der Waals surface area contributed by atoms with Gasteiger partial charge in [-0.2, -0.15) is 4.98 Å². The van der Waals surface area contributed by atoms with E-state index in [2.05, 4.69) is 20.5 Å². The van der Waals surface area contributed by atoms with Crippen LogP contribution in [0.4, 0.5) is 5.95 Å². The molecule has 116 valence electrons. The largest absolute Gasteiger partial charge is 0.367 e. The van der Waals surface area contributed by atoms with Gasteiger partial charge >= 0.3 is 0 Å². The number of aromatic nitrogens is 3. The van der Waals surface area contributed by atoms with Crippen molar-refractivity contribution < 1.29 is 9.53 Å². The zero-order valence-corrected chi connectivity index (χ0v) is 12.4. The summed E-state index contributed by atoms with van der Waals surface area (Å²) in [5, 5.41) is 9.37. The second kappa shape index (κ2) is 7.33. The number of amides is 1. The van der Waals surface area contributed by atoms with Crippen LogP contribution in [0.5, 0.6) is 0 Å². The molecule has 0 unspecified atom stereocenters. The second-order valence-electron chi connectivity index (χ2n) is 4.90. The van der Waals surface area contributed by atoms with Crippen LogP contribution in [0.1, 0.15) is 5.56 Å². The first-order valence-electron chi connectivity index (χ1n) is 7.20. The van der Waals surface area contributed by atoms with Crippen molar-refractivity contribution in [2.45, 2.75) is 6.61 Å². The number of aromatic amines is 1. The number of hydrogen-bond acceptors (Lipinski definition) is 4. The molecule has 0 spiro atoms. The number of ether oxygens (including phenoxy) is 1. The molecule has 0 aliphatic heterocycles. The number of anilines is 1. The standard InChI is InChI=1S/C17H16N4O2/c22-15(12-23-11-13-7-3-1-4-8-13)18-17-19-16(20-21-17)14-9-5-2-6-10-14/h1-10H,11-12H2,(H2,18,19,20,21,22). The molecule has 2 N–H and O–H groups in total. The second-order valence-corrected chi connectivity index (χ2v) is 4.90. The Kier molecular flexibility index (Phi) is 4.76. The van der Waals surface area contributed by atoms with Gasteiger partial charge in [-0.3, -0.25) is 15.2 Å². The minimum absolute atomic E-state index is 0.0515. The maximum Gasteiger partial charge on any atom is 0.252 e. The van der Waals surface area contributed by atoms with Crippen LogP contribution in [0.2, 0.25) is 0 Å². The Bertz CT molecular complexity index is 757. The molecule has 6 heteroatoms. The molecule has 23 heavy (non-hydrogen) atoms. The van der Waals surface area contributed by atoms with Crippen molar-refractivity contribution in [3.63, 3.8) is 0 Å². The smallest absolute Gasteiger partial charge is 0.252 e. The minimum Gasteiger partial charge on any atom is -0.367 e.